The Kier molecular flexibility index (Phi) is 8.04. The van der Waals surface area contributed by atoms with E-state index in [9.17, 15) is 14.0 Å². The summed E-state index contributed by atoms with van der Waals surface area (Å²) < 4.78 is 17.4. The summed E-state index contributed by atoms with van der Waals surface area (Å²) in [6, 6.07) is 7.16. The molecule has 4 aromatic rings. The number of nitriles is 1. The molecule has 0 aliphatic heterocycles. The number of carbonyl (C=O) groups is 2. The van der Waals surface area contributed by atoms with Crippen LogP contribution in [-0.2, 0) is 4.79 Å². The van der Waals surface area contributed by atoms with Gasteiger partial charge in [-0.2, -0.15) is 10.4 Å². The van der Waals surface area contributed by atoms with Crippen LogP contribution in [0.15, 0.2) is 43.0 Å². The molecule has 1 saturated carbocycles. The summed E-state index contributed by atoms with van der Waals surface area (Å²) in [5.74, 6) is -0.408. The van der Waals surface area contributed by atoms with E-state index in [1.807, 2.05) is 42.9 Å². The molecular formula is C27H30FN11O2. The van der Waals surface area contributed by atoms with Crippen LogP contribution in [0.4, 0.5) is 27.4 Å². The molecule has 0 atom stereocenters. The molecule has 4 N–H and O–H groups in total. The lowest BCUT2D eigenvalue weighted by atomic mass is 9.91. The number of hydrogen-bond donors (Lipinski definition) is 4. The molecule has 4 aromatic heterocycles. The first-order valence-electron chi connectivity index (χ1n) is 13.4. The van der Waals surface area contributed by atoms with E-state index in [0.717, 1.165) is 31.9 Å². The van der Waals surface area contributed by atoms with Crippen LogP contribution in [0.25, 0.3) is 5.65 Å². The van der Waals surface area contributed by atoms with Crippen LogP contribution in [0.1, 0.15) is 62.5 Å². The van der Waals surface area contributed by atoms with Crippen molar-refractivity contribution in [2.24, 2.45) is 0 Å². The van der Waals surface area contributed by atoms with E-state index in [1.54, 1.807) is 0 Å². The third-order valence-corrected chi connectivity index (χ3v) is 6.80. The molecule has 0 spiro atoms. The van der Waals surface area contributed by atoms with Crippen molar-refractivity contribution in [3.8, 4) is 6.07 Å². The minimum absolute atomic E-state index is 0.00887. The quantitative estimate of drug-likeness (QED) is 0.238. The molecule has 14 heteroatoms. The number of anilines is 4. The molecule has 13 nitrogen and oxygen atoms in total. The number of rotatable bonds is 9. The van der Waals surface area contributed by atoms with E-state index in [2.05, 4.69) is 41.4 Å². The van der Waals surface area contributed by atoms with Crippen LogP contribution in [0.5, 0.6) is 0 Å². The first-order valence-corrected chi connectivity index (χ1v) is 13.4. The Hall–Kier alpha value is -5.06. The Morgan fingerprint density at radius 1 is 1.10 bits per heavy atom. The average Bonchev–Trinajstić information content (AvgIpc) is 3.59. The zero-order valence-electron chi connectivity index (χ0n) is 22.6. The van der Waals surface area contributed by atoms with Crippen molar-refractivity contribution in [1.82, 2.24) is 34.7 Å². The Morgan fingerprint density at radius 2 is 1.88 bits per heavy atom. The summed E-state index contributed by atoms with van der Waals surface area (Å²) in [6.45, 7) is 4.05. The number of nitrogens with one attached hydrogen (secondary N) is 4. The molecule has 0 aromatic carbocycles. The highest BCUT2D eigenvalue weighted by atomic mass is 19.1. The fourth-order valence-electron chi connectivity index (χ4n) is 4.72. The lowest BCUT2D eigenvalue weighted by molar-refractivity contribution is -0.121. The standard InChI is InChI=1S/C27H30FN11O2/c1-16(2)38-12-9-23(36-38)34-21-13-24(32-17-3-5-18(6-4-17)33-25(40)7-10-29)37-39-22(15-31-26(21)39)27(41)35-20-8-11-30-14-19(20)28/h8-9,11-18H,3-7H2,1-2H3,(H,32,37)(H,33,40)(H,34,36)(H,30,35,41). The molecule has 1 aliphatic carbocycles. The monoisotopic (exact) mass is 559 g/mol. The predicted octanol–water partition coefficient (Wildman–Crippen LogP) is 3.79. The number of aromatic nitrogens is 6. The summed E-state index contributed by atoms with van der Waals surface area (Å²) >= 11 is 0. The topological polar surface area (TPSA) is 167 Å². The third kappa shape index (κ3) is 6.40. The minimum Gasteiger partial charge on any atom is -0.366 e. The highest BCUT2D eigenvalue weighted by Gasteiger charge is 2.24. The van der Waals surface area contributed by atoms with Crippen LogP contribution >= 0.6 is 0 Å². The van der Waals surface area contributed by atoms with Crippen molar-refractivity contribution in [3.63, 3.8) is 0 Å². The second-order valence-electron chi connectivity index (χ2n) is 10.1. The van der Waals surface area contributed by atoms with E-state index in [0.29, 0.717) is 23.0 Å². The van der Waals surface area contributed by atoms with Crippen LogP contribution < -0.4 is 21.3 Å². The third-order valence-electron chi connectivity index (χ3n) is 6.80. The summed E-state index contributed by atoms with van der Waals surface area (Å²) in [5, 5.41) is 30.1. The van der Waals surface area contributed by atoms with Gasteiger partial charge in [-0.15, -0.1) is 5.10 Å². The van der Waals surface area contributed by atoms with Crippen LogP contribution in [0, 0.1) is 17.1 Å². The Balaban J connectivity index is 1.40. The molecular weight excluding hydrogens is 529 g/mol. The first-order chi connectivity index (χ1) is 19.8. The molecule has 4 heterocycles. The largest absolute Gasteiger partial charge is 0.366 e. The summed E-state index contributed by atoms with van der Waals surface area (Å²) in [6.07, 6.45) is 8.56. The van der Waals surface area contributed by atoms with Gasteiger partial charge in [-0.1, -0.05) is 0 Å². The predicted molar refractivity (Wildman–Crippen MR) is 149 cm³/mol. The molecule has 1 aliphatic rings. The molecule has 5 rings (SSSR count). The fraction of sp³-hybridized carbons (Fsp3) is 0.370. The second kappa shape index (κ2) is 12.0. The zero-order valence-corrected chi connectivity index (χ0v) is 22.6. The molecule has 0 unspecified atom stereocenters. The van der Waals surface area contributed by atoms with Gasteiger partial charge < -0.3 is 21.3 Å². The summed E-state index contributed by atoms with van der Waals surface area (Å²) in [4.78, 5) is 33.1. The Morgan fingerprint density at radius 3 is 2.59 bits per heavy atom. The molecule has 41 heavy (non-hydrogen) atoms. The van der Waals surface area contributed by atoms with Gasteiger partial charge in [-0.05, 0) is 45.6 Å². The lowest BCUT2D eigenvalue weighted by Gasteiger charge is -2.30. The van der Waals surface area contributed by atoms with Gasteiger partial charge in [0.15, 0.2) is 23.0 Å². The maximum Gasteiger partial charge on any atom is 0.276 e. The molecule has 1 fully saturated rings. The summed E-state index contributed by atoms with van der Waals surface area (Å²) in [7, 11) is 0. The van der Waals surface area contributed by atoms with E-state index >= 15 is 0 Å². The Labute approximate surface area is 235 Å². The fourth-order valence-corrected chi connectivity index (χ4v) is 4.72. The van der Waals surface area contributed by atoms with Gasteiger partial charge in [0, 0.05) is 42.7 Å². The lowest BCUT2D eigenvalue weighted by Crippen LogP contribution is -2.40. The molecule has 0 radical (unpaired) electrons. The normalized spacial score (nSPS) is 16.8. The number of carbonyl (C=O) groups excluding carboxylic acids is 2. The number of fused-ring (bicyclic) bond motifs is 1. The van der Waals surface area contributed by atoms with Crippen molar-refractivity contribution in [3.05, 3.63) is 54.5 Å². The van der Waals surface area contributed by atoms with Crippen molar-refractivity contribution in [2.45, 2.75) is 64.1 Å². The van der Waals surface area contributed by atoms with Crippen LogP contribution in [0.2, 0.25) is 0 Å². The number of amides is 2. The average molecular weight is 560 g/mol. The van der Waals surface area contributed by atoms with Gasteiger partial charge in [0.05, 0.1) is 29.8 Å². The van der Waals surface area contributed by atoms with Gasteiger partial charge in [-0.25, -0.2) is 13.9 Å². The number of imidazole rings is 1. The van der Waals surface area contributed by atoms with Gasteiger partial charge in [-0.3, -0.25) is 19.3 Å². The number of halogens is 1. The maximum atomic E-state index is 14.1. The highest BCUT2D eigenvalue weighted by Crippen LogP contribution is 2.27. The Bertz CT molecular complexity index is 1600. The number of hydrogen-bond acceptors (Lipinski definition) is 9. The molecule has 212 valence electrons. The van der Waals surface area contributed by atoms with Crippen molar-refractivity contribution in [2.75, 3.05) is 16.0 Å². The zero-order chi connectivity index (χ0) is 28.9. The van der Waals surface area contributed by atoms with Crippen LogP contribution in [-0.4, -0.2) is 53.3 Å². The first kappa shape index (κ1) is 27.5. The second-order valence-corrected chi connectivity index (χ2v) is 10.1. The van der Waals surface area contributed by atoms with Gasteiger partial charge in [0.2, 0.25) is 5.91 Å². The smallest absolute Gasteiger partial charge is 0.276 e. The number of pyridine rings is 1. The van der Waals surface area contributed by atoms with Crippen molar-refractivity contribution in [1.29, 1.82) is 5.26 Å². The van der Waals surface area contributed by atoms with Gasteiger partial charge in [0.1, 0.15) is 12.2 Å². The van der Waals surface area contributed by atoms with Crippen molar-refractivity contribution >= 4 is 40.5 Å². The van der Waals surface area contributed by atoms with E-state index in [-0.39, 0.29) is 41.8 Å². The van der Waals surface area contributed by atoms with Gasteiger partial charge >= 0.3 is 0 Å². The van der Waals surface area contributed by atoms with Crippen molar-refractivity contribution < 1.29 is 14.0 Å². The summed E-state index contributed by atoms with van der Waals surface area (Å²) in [5.41, 5.74) is 1.06. The molecule has 0 bridgehead atoms. The van der Waals surface area contributed by atoms with E-state index in [1.165, 1.54) is 23.0 Å². The van der Waals surface area contributed by atoms with E-state index in [4.69, 9.17) is 5.26 Å². The maximum absolute atomic E-state index is 14.1. The molecule has 0 saturated heterocycles. The minimum atomic E-state index is -0.660. The van der Waals surface area contributed by atoms with Crippen LogP contribution in [0.3, 0.4) is 0 Å². The SMILES string of the molecule is CC(C)n1ccc(Nc2cc(NC3CCC(NC(=O)CC#N)CC3)nn3c(C(=O)Nc4ccncc4F)cnc23)n1. The number of nitrogens with zero attached hydrogens (tertiary/aromatic N) is 7. The van der Waals surface area contributed by atoms with Gasteiger partial charge in [0.25, 0.3) is 5.91 Å². The highest BCUT2D eigenvalue weighted by molar-refractivity contribution is 6.03. The molecule has 2 amide bonds. The van der Waals surface area contributed by atoms with E-state index < -0.39 is 11.7 Å².